The number of hydrogen-bond acceptors (Lipinski definition) is 3. The average molecular weight is 523 g/mol. The molecule has 1 atom stereocenters. The molecule has 6 heteroatoms. The summed E-state index contributed by atoms with van der Waals surface area (Å²) < 4.78 is 20.3. The lowest BCUT2D eigenvalue weighted by Gasteiger charge is -2.43. The highest BCUT2D eigenvalue weighted by molar-refractivity contribution is 6.31. The second kappa shape index (κ2) is 12.1. The third-order valence-corrected chi connectivity index (χ3v) is 7.76. The second-order valence-electron chi connectivity index (χ2n) is 10.5. The molecule has 196 valence electrons. The lowest BCUT2D eigenvalue weighted by molar-refractivity contribution is -0.135. The summed E-state index contributed by atoms with van der Waals surface area (Å²) in [5.41, 5.74) is 3.77. The van der Waals surface area contributed by atoms with Crippen molar-refractivity contribution in [2.45, 2.75) is 46.2 Å². The van der Waals surface area contributed by atoms with Gasteiger partial charge < -0.3 is 9.64 Å². The Hall–Kier alpha value is -2.89. The molecule has 0 unspecified atom stereocenters. The first-order valence-electron chi connectivity index (χ1n) is 12.9. The molecule has 4 rings (SSSR count). The van der Waals surface area contributed by atoms with E-state index in [1.165, 1.54) is 6.07 Å². The zero-order valence-corrected chi connectivity index (χ0v) is 22.7. The van der Waals surface area contributed by atoms with E-state index in [1.807, 2.05) is 75.5 Å². The minimum absolute atomic E-state index is 0.100. The molecule has 1 amide bonds. The number of amides is 1. The first kappa shape index (κ1) is 27.2. The van der Waals surface area contributed by atoms with Crippen molar-refractivity contribution in [1.29, 1.82) is 0 Å². The van der Waals surface area contributed by atoms with Crippen LogP contribution in [0.2, 0.25) is 5.02 Å². The molecule has 0 aliphatic carbocycles. The van der Waals surface area contributed by atoms with Gasteiger partial charge in [-0.3, -0.25) is 9.69 Å². The van der Waals surface area contributed by atoms with Gasteiger partial charge in [0.2, 0.25) is 5.91 Å². The monoisotopic (exact) mass is 522 g/mol. The van der Waals surface area contributed by atoms with Gasteiger partial charge in [-0.05, 0) is 85.8 Å². The van der Waals surface area contributed by atoms with Crippen molar-refractivity contribution >= 4 is 17.5 Å². The normalized spacial score (nSPS) is 18.0. The minimum Gasteiger partial charge on any atom is -0.493 e. The van der Waals surface area contributed by atoms with Gasteiger partial charge in [0.05, 0.1) is 6.61 Å². The van der Waals surface area contributed by atoms with Gasteiger partial charge in [0.15, 0.2) is 0 Å². The summed E-state index contributed by atoms with van der Waals surface area (Å²) in [5, 5.41) is 0.703. The Kier molecular flexibility index (Phi) is 8.88. The van der Waals surface area contributed by atoms with E-state index in [1.54, 1.807) is 11.0 Å². The molecule has 0 aromatic heterocycles. The lowest BCUT2D eigenvalue weighted by atomic mass is 9.77. The Morgan fingerprint density at radius 2 is 1.86 bits per heavy atom. The molecule has 4 nitrogen and oxygen atoms in total. The van der Waals surface area contributed by atoms with Gasteiger partial charge in [-0.15, -0.1) is 0 Å². The zero-order chi connectivity index (χ0) is 26.4. The molecule has 1 heterocycles. The van der Waals surface area contributed by atoms with Crippen molar-refractivity contribution in [3.8, 4) is 5.75 Å². The van der Waals surface area contributed by atoms with Gasteiger partial charge in [0.1, 0.15) is 11.6 Å². The number of likely N-dealkylation sites (tertiary alicyclic amines) is 1. The molecule has 1 fully saturated rings. The summed E-state index contributed by atoms with van der Waals surface area (Å²) in [7, 11) is 1.86. The first-order chi connectivity index (χ1) is 17.7. The van der Waals surface area contributed by atoms with E-state index in [4.69, 9.17) is 16.3 Å². The fourth-order valence-corrected chi connectivity index (χ4v) is 5.27. The number of carbonyl (C=O) groups is 1. The summed E-state index contributed by atoms with van der Waals surface area (Å²) in [5.74, 6) is 0.635. The molecule has 3 aromatic rings. The van der Waals surface area contributed by atoms with Crippen molar-refractivity contribution in [3.63, 3.8) is 0 Å². The average Bonchev–Trinajstić information content (AvgIpc) is 2.88. The molecule has 0 radical (unpaired) electrons. The minimum atomic E-state index is -0.352. The Bertz CT molecular complexity index is 1220. The molecule has 0 N–H and O–H groups in total. The van der Waals surface area contributed by atoms with Crippen LogP contribution in [0.15, 0.2) is 66.7 Å². The van der Waals surface area contributed by atoms with Gasteiger partial charge in [0, 0.05) is 43.5 Å². The number of benzene rings is 3. The number of aryl methyl sites for hydroxylation is 2. The predicted molar refractivity (Wildman–Crippen MR) is 147 cm³/mol. The van der Waals surface area contributed by atoms with E-state index in [0.717, 1.165) is 47.4 Å². The highest BCUT2D eigenvalue weighted by Gasteiger charge is 2.39. The van der Waals surface area contributed by atoms with Crippen LogP contribution >= 0.6 is 11.6 Å². The fourth-order valence-electron chi connectivity index (χ4n) is 5.15. The van der Waals surface area contributed by atoms with Crippen molar-refractivity contribution in [1.82, 2.24) is 9.80 Å². The molecule has 1 aliphatic heterocycles. The van der Waals surface area contributed by atoms with Crippen LogP contribution in [0.1, 0.15) is 41.5 Å². The summed E-state index contributed by atoms with van der Waals surface area (Å²) in [6, 6.07) is 20.7. The Balaban J connectivity index is 1.52. The van der Waals surface area contributed by atoms with Crippen LogP contribution in [0.25, 0.3) is 0 Å². The van der Waals surface area contributed by atoms with E-state index in [-0.39, 0.29) is 17.1 Å². The lowest BCUT2D eigenvalue weighted by Crippen LogP contribution is -2.48. The van der Waals surface area contributed by atoms with Crippen LogP contribution in [-0.2, 0) is 17.9 Å². The van der Waals surface area contributed by atoms with Gasteiger partial charge in [-0.25, -0.2) is 4.39 Å². The van der Waals surface area contributed by atoms with E-state index < -0.39 is 0 Å². The molecule has 1 saturated heterocycles. The van der Waals surface area contributed by atoms with E-state index in [2.05, 4.69) is 4.90 Å². The van der Waals surface area contributed by atoms with Crippen LogP contribution in [0.4, 0.5) is 4.39 Å². The highest BCUT2D eigenvalue weighted by atomic mass is 35.5. The Morgan fingerprint density at radius 1 is 1.08 bits per heavy atom. The van der Waals surface area contributed by atoms with Gasteiger partial charge in [0.25, 0.3) is 0 Å². The van der Waals surface area contributed by atoms with Gasteiger partial charge in [-0.2, -0.15) is 0 Å². The van der Waals surface area contributed by atoms with Crippen LogP contribution in [-0.4, -0.2) is 42.5 Å². The molecule has 3 aromatic carbocycles. The second-order valence-corrected chi connectivity index (χ2v) is 10.9. The van der Waals surface area contributed by atoms with E-state index >= 15 is 0 Å². The molecular weight excluding hydrogens is 487 g/mol. The number of nitrogens with zero attached hydrogens (tertiary/aromatic N) is 2. The zero-order valence-electron chi connectivity index (χ0n) is 22.0. The number of halogens is 2. The fraction of sp³-hybridized carbons (Fsp3) is 0.387. The summed E-state index contributed by atoms with van der Waals surface area (Å²) in [6.07, 6.45) is 2.23. The molecule has 37 heavy (non-hydrogen) atoms. The first-order valence-corrected chi connectivity index (χ1v) is 13.3. The predicted octanol–water partition coefficient (Wildman–Crippen LogP) is 6.81. The highest BCUT2D eigenvalue weighted by Crippen LogP contribution is 2.36. The van der Waals surface area contributed by atoms with Crippen molar-refractivity contribution in [2.24, 2.45) is 5.41 Å². The molecule has 1 aliphatic rings. The topological polar surface area (TPSA) is 32.8 Å². The molecule has 0 saturated carbocycles. The van der Waals surface area contributed by atoms with Crippen LogP contribution in [0.5, 0.6) is 5.75 Å². The number of piperidine rings is 1. The maximum absolute atomic E-state index is 14.0. The van der Waals surface area contributed by atoms with Gasteiger partial charge in [-0.1, -0.05) is 48.0 Å². The van der Waals surface area contributed by atoms with Gasteiger partial charge >= 0.3 is 0 Å². The van der Waals surface area contributed by atoms with Crippen molar-refractivity contribution < 1.29 is 13.9 Å². The Morgan fingerprint density at radius 3 is 2.62 bits per heavy atom. The summed E-state index contributed by atoms with van der Waals surface area (Å²) in [6.45, 7) is 7.24. The number of hydrogen-bond donors (Lipinski definition) is 0. The van der Waals surface area contributed by atoms with Crippen molar-refractivity contribution in [3.05, 3.63) is 99.8 Å². The number of rotatable bonds is 9. The van der Waals surface area contributed by atoms with E-state index in [0.29, 0.717) is 37.7 Å². The van der Waals surface area contributed by atoms with Crippen LogP contribution < -0.4 is 4.74 Å². The maximum atomic E-state index is 14.0. The van der Waals surface area contributed by atoms with Crippen LogP contribution in [0, 0.1) is 25.1 Å². The number of carbonyl (C=O) groups excluding carboxylic acids is 1. The summed E-state index contributed by atoms with van der Waals surface area (Å²) >= 11 is 6.21. The third-order valence-electron chi connectivity index (χ3n) is 7.33. The third kappa shape index (κ3) is 7.33. The SMILES string of the molecule is Cc1cc(OC[C@@]2(CC(=O)N(C)Cc3ccccc3)CCCN(Cc3cc(F)ccc3C)C2)ccc1Cl. The van der Waals surface area contributed by atoms with Crippen molar-refractivity contribution in [2.75, 3.05) is 26.7 Å². The van der Waals surface area contributed by atoms with E-state index in [9.17, 15) is 9.18 Å². The summed E-state index contributed by atoms with van der Waals surface area (Å²) in [4.78, 5) is 17.6. The quantitative estimate of drug-likeness (QED) is 0.309. The largest absolute Gasteiger partial charge is 0.493 e. The number of ether oxygens (including phenoxy) is 1. The Labute approximate surface area is 225 Å². The smallest absolute Gasteiger partial charge is 0.223 e. The molecular formula is C31H36ClFN2O2. The maximum Gasteiger partial charge on any atom is 0.223 e. The molecule has 0 bridgehead atoms. The molecule has 0 spiro atoms. The standard InChI is InChI=1S/C31H36ClFN2O2/c1-23-10-11-27(33)17-26(23)20-35-15-7-14-31(21-35,22-37-28-12-13-29(32)24(2)16-28)18-30(36)34(3)19-25-8-5-4-6-9-25/h4-6,8-13,16-17H,7,14-15,18-22H2,1-3H3/t31-/m1/s1. The van der Waals surface area contributed by atoms with Crippen LogP contribution in [0.3, 0.4) is 0 Å².